The van der Waals surface area contributed by atoms with Crippen molar-refractivity contribution in [2.75, 3.05) is 6.54 Å². The van der Waals surface area contributed by atoms with Crippen molar-refractivity contribution in [3.63, 3.8) is 0 Å². The quantitative estimate of drug-likeness (QED) is 0.790. The van der Waals surface area contributed by atoms with Gasteiger partial charge in [0.2, 0.25) is 5.91 Å². The van der Waals surface area contributed by atoms with Crippen molar-refractivity contribution in [3.05, 3.63) is 17.5 Å². The second-order valence-corrected chi connectivity index (χ2v) is 4.21. The summed E-state index contributed by atoms with van der Waals surface area (Å²) in [6.07, 6.45) is 2.81. The van der Waals surface area contributed by atoms with E-state index >= 15 is 0 Å². The molecule has 16 heavy (non-hydrogen) atoms. The lowest BCUT2D eigenvalue weighted by atomic mass is 10.1. The molecule has 5 heteroatoms. The highest BCUT2D eigenvalue weighted by molar-refractivity contribution is 5.76. The average molecular weight is 223 g/mol. The van der Waals surface area contributed by atoms with Crippen LogP contribution in [0.25, 0.3) is 0 Å². The Morgan fingerprint density at radius 1 is 1.75 bits per heavy atom. The zero-order valence-corrected chi connectivity index (χ0v) is 9.45. The van der Waals surface area contributed by atoms with Crippen molar-refractivity contribution in [1.82, 2.24) is 15.8 Å². The lowest BCUT2D eigenvalue weighted by molar-refractivity contribution is -0.121. The second-order valence-electron chi connectivity index (χ2n) is 4.21. The molecule has 2 heterocycles. The van der Waals surface area contributed by atoms with E-state index < -0.39 is 0 Å². The summed E-state index contributed by atoms with van der Waals surface area (Å²) in [5.74, 6) is 0.763. The lowest BCUT2D eigenvalue weighted by Gasteiger charge is -2.09. The highest BCUT2D eigenvalue weighted by Crippen LogP contribution is 2.08. The molecule has 88 valence electrons. The first-order valence-corrected chi connectivity index (χ1v) is 5.66. The van der Waals surface area contributed by atoms with Gasteiger partial charge in [-0.1, -0.05) is 5.16 Å². The minimum atomic E-state index is 0.0634. The van der Waals surface area contributed by atoms with Crippen molar-refractivity contribution in [1.29, 1.82) is 0 Å². The molecular weight excluding hydrogens is 206 g/mol. The molecule has 1 aliphatic rings. The van der Waals surface area contributed by atoms with Gasteiger partial charge in [0, 0.05) is 18.5 Å². The molecule has 0 spiro atoms. The number of carbonyl (C=O) groups is 1. The van der Waals surface area contributed by atoms with Crippen molar-refractivity contribution >= 4 is 5.91 Å². The van der Waals surface area contributed by atoms with Crippen molar-refractivity contribution in [2.24, 2.45) is 0 Å². The molecule has 0 aliphatic carbocycles. The standard InChI is InChI=1S/C11H17N3O2/c1-8-5-10(16-14-8)7-13-11(15)6-9-3-2-4-12-9/h5,9,12H,2-4,6-7H2,1H3,(H,13,15). The summed E-state index contributed by atoms with van der Waals surface area (Å²) in [5.41, 5.74) is 0.835. The van der Waals surface area contributed by atoms with Gasteiger partial charge in [-0.05, 0) is 26.3 Å². The van der Waals surface area contributed by atoms with E-state index in [9.17, 15) is 4.79 Å². The maximum Gasteiger partial charge on any atom is 0.221 e. The number of hydrogen-bond acceptors (Lipinski definition) is 4. The van der Waals surface area contributed by atoms with Crippen molar-refractivity contribution in [3.8, 4) is 0 Å². The maximum absolute atomic E-state index is 11.6. The van der Waals surface area contributed by atoms with Crippen LogP contribution in [0, 0.1) is 6.92 Å². The molecule has 1 unspecified atom stereocenters. The van der Waals surface area contributed by atoms with Gasteiger partial charge in [-0.15, -0.1) is 0 Å². The lowest BCUT2D eigenvalue weighted by Crippen LogP contribution is -2.31. The first-order valence-electron chi connectivity index (χ1n) is 5.66. The molecule has 0 aromatic carbocycles. The molecule has 1 amide bonds. The molecule has 0 radical (unpaired) electrons. The van der Waals surface area contributed by atoms with E-state index in [1.807, 2.05) is 13.0 Å². The fraction of sp³-hybridized carbons (Fsp3) is 0.636. The van der Waals surface area contributed by atoms with E-state index in [1.165, 1.54) is 6.42 Å². The molecule has 0 saturated carbocycles. The van der Waals surface area contributed by atoms with Crippen LogP contribution in [-0.2, 0) is 11.3 Å². The number of aryl methyl sites for hydroxylation is 1. The number of carbonyl (C=O) groups excluding carboxylic acids is 1. The summed E-state index contributed by atoms with van der Waals surface area (Å²) in [6, 6.07) is 2.17. The van der Waals surface area contributed by atoms with Crippen molar-refractivity contribution < 1.29 is 9.32 Å². The maximum atomic E-state index is 11.6. The van der Waals surface area contributed by atoms with Gasteiger partial charge < -0.3 is 15.2 Å². The SMILES string of the molecule is Cc1cc(CNC(=O)CC2CCCN2)on1. The molecular formula is C11H17N3O2. The second kappa shape index (κ2) is 5.12. The molecule has 0 bridgehead atoms. The number of rotatable bonds is 4. The third-order valence-corrected chi connectivity index (χ3v) is 2.73. The summed E-state index contributed by atoms with van der Waals surface area (Å²) in [6.45, 7) is 3.31. The van der Waals surface area contributed by atoms with Crippen LogP contribution in [-0.4, -0.2) is 23.7 Å². The number of aromatic nitrogens is 1. The summed E-state index contributed by atoms with van der Waals surface area (Å²) >= 11 is 0. The van der Waals surface area contributed by atoms with Gasteiger partial charge in [-0.2, -0.15) is 0 Å². The molecule has 1 fully saturated rings. The Labute approximate surface area is 94.6 Å². The van der Waals surface area contributed by atoms with Gasteiger partial charge in [-0.3, -0.25) is 4.79 Å². The van der Waals surface area contributed by atoms with E-state index in [0.29, 0.717) is 24.8 Å². The molecule has 2 rings (SSSR count). The summed E-state index contributed by atoms with van der Waals surface area (Å²) in [7, 11) is 0. The van der Waals surface area contributed by atoms with E-state index in [-0.39, 0.29) is 5.91 Å². The smallest absolute Gasteiger partial charge is 0.221 e. The third kappa shape index (κ3) is 3.06. The predicted octanol–water partition coefficient (Wildman–Crippen LogP) is 0.741. The Hall–Kier alpha value is -1.36. The monoisotopic (exact) mass is 223 g/mol. The first-order chi connectivity index (χ1) is 7.74. The molecule has 2 N–H and O–H groups in total. The first kappa shape index (κ1) is 11.1. The van der Waals surface area contributed by atoms with Gasteiger partial charge in [0.25, 0.3) is 0 Å². The topological polar surface area (TPSA) is 67.2 Å². The molecule has 1 aliphatic heterocycles. The zero-order chi connectivity index (χ0) is 11.4. The van der Waals surface area contributed by atoms with Crippen LogP contribution in [0.4, 0.5) is 0 Å². The number of hydrogen-bond donors (Lipinski definition) is 2. The van der Waals surface area contributed by atoms with Crippen LogP contribution < -0.4 is 10.6 Å². The van der Waals surface area contributed by atoms with Gasteiger partial charge >= 0.3 is 0 Å². The average Bonchev–Trinajstić information content (AvgIpc) is 2.87. The number of amides is 1. The number of nitrogens with zero attached hydrogens (tertiary/aromatic N) is 1. The van der Waals surface area contributed by atoms with Gasteiger partial charge in [0.1, 0.15) is 0 Å². The van der Waals surface area contributed by atoms with E-state index in [1.54, 1.807) is 0 Å². The highest BCUT2D eigenvalue weighted by atomic mass is 16.5. The summed E-state index contributed by atoms with van der Waals surface area (Å²) < 4.78 is 5.00. The van der Waals surface area contributed by atoms with Crippen molar-refractivity contribution in [2.45, 2.75) is 38.8 Å². The van der Waals surface area contributed by atoms with Crippen LogP contribution >= 0.6 is 0 Å². The van der Waals surface area contributed by atoms with E-state index in [0.717, 1.165) is 18.7 Å². The van der Waals surface area contributed by atoms with Gasteiger partial charge in [0.05, 0.1) is 12.2 Å². The Kier molecular flexibility index (Phi) is 3.56. The van der Waals surface area contributed by atoms with Crippen LogP contribution in [0.2, 0.25) is 0 Å². The van der Waals surface area contributed by atoms with Gasteiger partial charge in [-0.25, -0.2) is 0 Å². The van der Waals surface area contributed by atoms with Gasteiger partial charge in [0.15, 0.2) is 5.76 Å². The zero-order valence-electron chi connectivity index (χ0n) is 9.45. The largest absolute Gasteiger partial charge is 0.359 e. The Bertz CT molecular complexity index is 356. The fourth-order valence-electron chi connectivity index (χ4n) is 1.91. The minimum Gasteiger partial charge on any atom is -0.359 e. The van der Waals surface area contributed by atoms with E-state index in [4.69, 9.17) is 4.52 Å². The summed E-state index contributed by atoms with van der Waals surface area (Å²) in [5, 5.41) is 9.88. The fourth-order valence-corrected chi connectivity index (χ4v) is 1.91. The van der Waals surface area contributed by atoms with Crippen LogP contribution in [0.5, 0.6) is 0 Å². The van der Waals surface area contributed by atoms with Crippen LogP contribution in [0.15, 0.2) is 10.6 Å². The molecule has 1 atom stereocenters. The summed E-state index contributed by atoms with van der Waals surface area (Å²) in [4.78, 5) is 11.6. The number of nitrogens with one attached hydrogen (secondary N) is 2. The minimum absolute atomic E-state index is 0.0634. The predicted molar refractivity (Wildman–Crippen MR) is 58.7 cm³/mol. The molecule has 1 aromatic heterocycles. The molecule has 1 saturated heterocycles. The third-order valence-electron chi connectivity index (χ3n) is 2.73. The highest BCUT2D eigenvalue weighted by Gasteiger charge is 2.17. The van der Waals surface area contributed by atoms with Crippen LogP contribution in [0.1, 0.15) is 30.7 Å². The Balaban J connectivity index is 1.71. The molecule has 5 nitrogen and oxygen atoms in total. The molecule has 1 aromatic rings. The van der Waals surface area contributed by atoms with Crippen LogP contribution in [0.3, 0.4) is 0 Å². The van der Waals surface area contributed by atoms with E-state index in [2.05, 4.69) is 15.8 Å². The Morgan fingerprint density at radius 3 is 3.25 bits per heavy atom. The normalized spacial score (nSPS) is 19.9. The Morgan fingerprint density at radius 2 is 2.62 bits per heavy atom.